The van der Waals surface area contributed by atoms with Gasteiger partial charge in [-0.15, -0.1) is 0 Å². The molecular formula is C17H20ClN5O2. The van der Waals surface area contributed by atoms with Gasteiger partial charge in [0.1, 0.15) is 11.9 Å². The second kappa shape index (κ2) is 6.63. The van der Waals surface area contributed by atoms with Crippen LogP contribution in [0, 0.1) is 0 Å². The van der Waals surface area contributed by atoms with Gasteiger partial charge in [0.05, 0.1) is 17.3 Å². The minimum atomic E-state index is -0.428. The monoisotopic (exact) mass is 361 g/mol. The first-order valence-corrected chi connectivity index (χ1v) is 9.09. The molecule has 4 heterocycles. The van der Waals surface area contributed by atoms with Gasteiger partial charge in [-0.3, -0.25) is 14.3 Å². The Kier molecular flexibility index (Phi) is 4.33. The van der Waals surface area contributed by atoms with Crippen molar-refractivity contribution in [3.05, 3.63) is 45.4 Å². The number of nitrogens with zero attached hydrogens (tertiary/aromatic N) is 5. The Balaban J connectivity index is 1.66. The zero-order chi connectivity index (χ0) is 17.4. The van der Waals surface area contributed by atoms with Gasteiger partial charge in [-0.05, 0) is 37.8 Å². The second-order valence-electron chi connectivity index (χ2n) is 6.60. The number of hydrogen-bond acceptors (Lipinski definition) is 4. The maximum atomic E-state index is 12.9. The Hall–Kier alpha value is -2.15. The number of aromatic nitrogens is 4. The van der Waals surface area contributed by atoms with E-state index < -0.39 is 6.04 Å². The highest BCUT2D eigenvalue weighted by Gasteiger charge is 2.34. The van der Waals surface area contributed by atoms with E-state index in [0.29, 0.717) is 29.4 Å². The number of halogens is 1. The maximum Gasteiger partial charge on any atom is 0.347 e. The Morgan fingerprint density at radius 3 is 2.84 bits per heavy atom. The molecule has 2 aromatic rings. The number of amides is 1. The van der Waals surface area contributed by atoms with Gasteiger partial charge in [-0.25, -0.2) is 9.48 Å². The van der Waals surface area contributed by atoms with E-state index in [-0.39, 0.29) is 18.1 Å². The summed E-state index contributed by atoms with van der Waals surface area (Å²) in [5.41, 5.74) is 0.345. The maximum absolute atomic E-state index is 12.9. The molecule has 0 aliphatic carbocycles. The molecule has 1 unspecified atom stereocenters. The summed E-state index contributed by atoms with van der Waals surface area (Å²) >= 11 is 6.15. The molecule has 1 atom stereocenters. The zero-order valence-electron chi connectivity index (χ0n) is 13.9. The number of carbonyl (C=O) groups is 1. The van der Waals surface area contributed by atoms with Crippen molar-refractivity contribution < 1.29 is 4.79 Å². The molecule has 2 aromatic heterocycles. The first kappa shape index (κ1) is 16.3. The molecule has 4 rings (SSSR count). The largest absolute Gasteiger partial charge is 0.347 e. The number of pyridine rings is 1. The second-order valence-corrected chi connectivity index (χ2v) is 7.01. The molecule has 1 amide bonds. The molecule has 2 aliphatic rings. The molecule has 0 saturated carbocycles. The first-order valence-electron chi connectivity index (χ1n) is 8.71. The van der Waals surface area contributed by atoms with E-state index in [9.17, 15) is 9.59 Å². The summed E-state index contributed by atoms with van der Waals surface area (Å²) < 4.78 is 2.96. The third kappa shape index (κ3) is 2.97. The Labute approximate surface area is 150 Å². The smallest absolute Gasteiger partial charge is 0.341 e. The van der Waals surface area contributed by atoms with E-state index in [2.05, 4.69) is 10.1 Å². The van der Waals surface area contributed by atoms with Crippen LogP contribution < -0.4 is 5.69 Å². The molecule has 0 aromatic carbocycles. The minimum Gasteiger partial charge on any atom is -0.341 e. The third-order valence-corrected chi connectivity index (χ3v) is 5.31. The average molecular weight is 362 g/mol. The van der Waals surface area contributed by atoms with Crippen molar-refractivity contribution in [1.29, 1.82) is 0 Å². The van der Waals surface area contributed by atoms with Crippen molar-refractivity contribution in [2.24, 2.45) is 0 Å². The van der Waals surface area contributed by atoms with Crippen molar-refractivity contribution >= 4 is 17.5 Å². The number of hydrogen-bond donors (Lipinski definition) is 0. The summed E-state index contributed by atoms with van der Waals surface area (Å²) in [6.07, 6.45) is 5.99. The minimum absolute atomic E-state index is 0.0518. The molecule has 25 heavy (non-hydrogen) atoms. The first-order chi connectivity index (χ1) is 12.1. The Bertz CT molecular complexity index is 853. The van der Waals surface area contributed by atoms with E-state index in [1.165, 1.54) is 4.68 Å². The van der Waals surface area contributed by atoms with Crippen LogP contribution in [0.2, 0.25) is 5.02 Å². The van der Waals surface area contributed by atoms with Crippen LogP contribution in [0.25, 0.3) is 0 Å². The molecule has 0 radical (unpaired) electrons. The third-order valence-electron chi connectivity index (χ3n) is 4.97. The van der Waals surface area contributed by atoms with Gasteiger partial charge in [0, 0.05) is 25.7 Å². The zero-order valence-corrected chi connectivity index (χ0v) is 14.7. The molecule has 7 nitrogen and oxygen atoms in total. The van der Waals surface area contributed by atoms with Crippen LogP contribution >= 0.6 is 11.6 Å². The lowest BCUT2D eigenvalue weighted by atomic mass is 10.0. The van der Waals surface area contributed by atoms with Crippen LogP contribution in [0.5, 0.6) is 0 Å². The van der Waals surface area contributed by atoms with Crippen LogP contribution in [0.4, 0.5) is 0 Å². The van der Waals surface area contributed by atoms with Crippen molar-refractivity contribution in [3.8, 4) is 0 Å². The number of carbonyl (C=O) groups excluding carboxylic acids is 1. The molecule has 0 spiro atoms. The van der Waals surface area contributed by atoms with Gasteiger partial charge >= 0.3 is 5.69 Å². The SMILES string of the molecule is O=C(C1CCCc2nn(Cc3ncccc3Cl)c(=O)n21)N1CCCC1. The van der Waals surface area contributed by atoms with Gasteiger partial charge in [0.15, 0.2) is 0 Å². The summed E-state index contributed by atoms with van der Waals surface area (Å²) in [6, 6.07) is 3.06. The lowest BCUT2D eigenvalue weighted by Gasteiger charge is -2.27. The molecule has 1 fully saturated rings. The number of likely N-dealkylation sites (tertiary alicyclic amines) is 1. The highest BCUT2D eigenvalue weighted by atomic mass is 35.5. The summed E-state index contributed by atoms with van der Waals surface area (Å²) in [6.45, 7) is 1.79. The fourth-order valence-electron chi connectivity index (χ4n) is 3.69. The quantitative estimate of drug-likeness (QED) is 0.833. The van der Waals surface area contributed by atoms with Gasteiger partial charge in [0.2, 0.25) is 5.91 Å². The number of rotatable bonds is 3. The standard InChI is InChI=1S/C17H20ClN5O2/c18-12-5-4-8-19-13(12)11-22-17(25)23-14(6-3-7-15(23)20-22)16(24)21-9-1-2-10-21/h4-5,8,14H,1-3,6-7,9-11H2. The molecule has 1 saturated heterocycles. The van der Waals surface area contributed by atoms with Crippen LogP contribution in [-0.2, 0) is 17.8 Å². The van der Waals surface area contributed by atoms with Gasteiger partial charge in [-0.1, -0.05) is 11.6 Å². The van der Waals surface area contributed by atoms with E-state index in [1.807, 2.05) is 4.90 Å². The lowest BCUT2D eigenvalue weighted by Crippen LogP contribution is -2.41. The van der Waals surface area contributed by atoms with E-state index in [1.54, 1.807) is 22.9 Å². The van der Waals surface area contributed by atoms with Crippen molar-refractivity contribution in [1.82, 2.24) is 24.2 Å². The van der Waals surface area contributed by atoms with Crippen molar-refractivity contribution in [3.63, 3.8) is 0 Å². The molecule has 8 heteroatoms. The molecular weight excluding hydrogens is 342 g/mol. The Morgan fingerprint density at radius 2 is 2.08 bits per heavy atom. The highest BCUT2D eigenvalue weighted by Crippen LogP contribution is 2.25. The average Bonchev–Trinajstić information content (AvgIpc) is 3.25. The molecule has 0 bridgehead atoms. The summed E-state index contributed by atoms with van der Waals surface area (Å²) in [5.74, 6) is 0.733. The van der Waals surface area contributed by atoms with Gasteiger partial charge in [0.25, 0.3) is 0 Å². The molecule has 0 N–H and O–H groups in total. The van der Waals surface area contributed by atoms with Crippen molar-refractivity contribution in [2.45, 2.75) is 44.7 Å². The summed E-state index contributed by atoms with van der Waals surface area (Å²) in [5, 5.41) is 4.95. The topological polar surface area (TPSA) is 73.0 Å². The fraction of sp³-hybridized carbons (Fsp3) is 0.529. The molecule has 2 aliphatic heterocycles. The van der Waals surface area contributed by atoms with E-state index >= 15 is 0 Å². The fourth-order valence-corrected chi connectivity index (χ4v) is 3.87. The Morgan fingerprint density at radius 1 is 1.28 bits per heavy atom. The predicted octanol–water partition coefficient (Wildman–Crippen LogP) is 1.64. The van der Waals surface area contributed by atoms with Gasteiger partial charge in [-0.2, -0.15) is 5.10 Å². The van der Waals surface area contributed by atoms with Crippen LogP contribution in [0.15, 0.2) is 23.1 Å². The van der Waals surface area contributed by atoms with Crippen LogP contribution in [0.1, 0.15) is 43.2 Å². The highest BCUT2D eigenvalue weighted by molar-refractivity contribution is 6.31. The number of fused-ring (bicyclic) bond motifs is 1. The van der Waals surface area contributed by atoms with Crippen molar-refractivity contribution in [2.75, 3.05) is 13.1 Å². The predicted molar refractivity (Wildman–Crippen MR) is 92.6 cm³/mol. The summed E-state index contributed by atoms with van der Waals surface area (Å²) in [4.78, 5) is 31.8. The van der Waals surface area contributed by atoms with Crippen LogP contribution in [-0.4, -0.2) is 43.2 Å². The van der Waals surface area contributed by atoms with E-state index in [0.717, 1.165) is 32.4 Å². The normalized spacial score (nSPS) is 19.9. The van der Waals surface area contributed by atoms with E-state index in [4.69, 9.17) is 11.6 Å². The lowest BCUT2D eigenvalue weighted by molar-refractivity contribution is -0.134. The number of aryl methyl sites for hydroxylation is 1. The summed E-state index contributed by atoms with van der Waals surface area (Å²) in [7, 11) is 0. The van der Waals surface area contributed by atoms with Crippen LogP contribution in [0.3, 0.4) is 0 Å². The molecule has 132 valence electrons. The van der Waals surface area contributed by atoms with Gasteiger partial charge < -0.3 is 4.90 Å².